The number of carbonyl (C=O) groups is 1. The highest BCUT2D eigenvalue weighted by Gasteiger charge is 2.50. The van der Waals surface area contributed by atoms with E-state index in [2.05, 4.69) is 27.8 Å². The van der Waals surface area contributed by atoms with Crippen LogP contribution in [0.5, 0.6) is 11.5 Å². The number of phenols is 1. The van der Waals surface area contributed by atoms with E-state index in [9.17, 15) is 30.3 Å². The molecule has 5 heterocycles. The second-order valence-electron chi connectivity index (χ2n) is 21.3. The Morgan fingerprint density at radius 2 is 1.86 bits per heavy atom. The van der Waals surface area contributed by atoms with Crippen LogP contribution in [-0.2, 0) is 16.0 Å². The number of esters is 1. The summed E-state index contributed by atoms with van der Waals surface area (Å²) < 4.78 is 12.9. The van der Waals surface area contributed by atoms with E-state index in [1.54, 1.807) is 6.07 Å². The number of aliphatic hydroxyl groups excluding tert-OH is 3. The summed E-state index contributed by atoms with van der Waals surface area (Å²) in [6, 6.07) is 2.67. The minimum absolute atomic E-state index is 0.126. The van der Waals surface area contributed by atoms with Crippen molar-refractivity contribution in [3.8, 4) is 23.3 Å². The fraction of sp³-hybridized carbons (Fsp3) is 0.760. The molecule has 9 aliphatic rings. The third-order valence-electron chi connectivity index (χ3n) is 16.9. The number of piperidine rings is 2. The van der Waals surface area contributed by atoms with Gasteiger partial charge >= 0.3 is 5.97 Å². The fourth-order valence-electron chi connectivity index (χ4n) is 13.7. The molecule has 13 nitrogen and oxygen atoms in total. The van der Waals surface area contributed by atoms with Gasteiger partial charge in [-0.2, -0.15) is 0 Å². The molecule has 1 aromatic carbocycles. The Balaban J connectivity index is 1.19. The first kappa shape index (κ1) is 47.4. The largest absolute Gasteiger partial charge is 0.504 e. The average Bonchev–Trinajstić information content (AvgIpc) is 3.71. The highest BCUT2D eigenvalue weighted by Crippen LogP contribution is 2.54. The van der Waals surface area contributed by atoms with Crippen LogP contribution in [0.4, 0.5) is 0 Å². The van der Waals surface area contributed by atoms with E-state index in [0.29, 0.717) is 41.5 Å². The quantitative estimate of drug-likeness (QED) is 0.0577. The zero-order chi connectivity index (χ0) is 45.4. The van der Waals surface area contributed by atoms with Gasteiger partial charge in [0, 0.05) is 66.3 Å². The smallest absolute Gasteiger partial charge is 0.302 e. The van der Waals surface area contributed by atoms with Crippen molar-refractivity contribution in [2.24, 2.45) is 33.4 Å². The number of hydrogen-bond donors (Lipinski definition) is 9. The molecule has 12 atom stereocenters. The van der Waals surface area contributed by atoms with E-state index in [4.69, 9.17) is 20.2 Å². The molecule has 4 aliphatic carbocycles. The molecule has 0 unspecified atom stereocenters. The molecule has 4 fully saturated rings. The molecule has 10 N–H and O–H groups in total. The van der Waals surface area contributed by atoms with Crippen molar-refractivity contribution < 1.29 is 39.8 Å². The van der Waals surface area contributed by atoms with Crippen molar-refractivity contribution in [2.45, 2.75) is 194 Å². The Morgan fingerprint density at radius 3 is 2.65 bits per heavy atom. The number of aromatic hydroxyl groups is 1. The van der Waals surface area contributed by atoms with Crippen LogP contribution < -0.4 is 26.4 Å². The van der Waals surface area contributed by atoms with E-state index < -0.39 is 53.9 Å². The molecule has 5 aliphatic heterocycles. The van der Waals surface area contributed by atoms with E-state index in [1.807, 2.05) is 33.7 Å². The Hall–Kier alpha value is -2.68. The molecule has 65 heavy (non-hydrogen) atoms. The van der Waals surface area contributed by atoms with Gasteiger partial charge in [0.15, 0.2) is 23.7 Å². The molecule has 0 radical (unpaired) electrons. The molecule has 2 saturated carbocycles. The van der Waals surface area contributed by atoms with E-state index in [1.165, 1.54) is 45.1 Å². The molecular formula is C50H73N5O8S2. The van der Waals surface area contributed by atoms with Crippen LogP contribution >= 0.6 is 21.6 Å². The minimum Gasteiger partial charge on any atom is -0.504 e. The molecule has 358 valence electrons. The number of nitrogens with one attached hydrogen (secondary N) is 3. The Morgan fingerprint density at radius 1 is 1.03 bits per heavy atom. The van der Waals surface area contributed by atoms with Crippen LogP contribution in [0.25, 0.3) is 0 Å². The Bertz CT molecular complexity index is 2000. The number of rotatable bonds is 2. The third kappa shape index (κ3) is 10.2. The SMILES string of the molecule is CC(=O)O[C@H]1C[C@@H](O)CC[C@@]23C#C[C@H]4CCC[C@@]5(C[C@@H](CCN5)Oc5cc(c(C(O)O)cc5O)C[C@H]14)[C@@H]1CC[C@@H](CN1)SSC[C@]1(CCCC4(CCCC4)C1)NC(N)=N[C@@H]2C=CC[C@@H]3O. The van der Waals surface area contributed by atoms with E-state index in [-0.39, 0.29) is 59.5 Å². The number of nitrogens with zero attached hydrogens (tertiary/aromatic N) is 1. The van der Waals surface area contributed by atoms with Gasteiger partial charge in [-0.3, -0.25) is 4.79 Å². The lowest BCUT2D eigenvalue weighted by Gasteiger charge is -2.50. The Labute approximate surface area is 393 Å². The number of guanidine groups is 1. The molecule has 0 amide bonds. The predicted molar refractivity (Wildman–Crippen MR) is 255 cm³/mol. The summed E-state index contributed by atoms with van der Waals surface area (Å²) in [6.07, 6.45) is 16.0. The van der Waals surface area contributed by atoms with Crippen molar-refractivity contribution in [2.75, 3.05) is 18.8 Å². The molecule has 1 aromatic rings. The maximum absolute atomic E-state index is 13.0. The van der Waals surface area contributed by atoms with Gasteiger partial charge in [0.1, 0.15) is 12.2 Å². The zero-order valence-electron chi connectivity index (χ0n) is 38.1. The number of aliphatic imine (C=N–C) groups is 1. The van der Waals surface area contributed by atoms with Crippen LogP contribution in [0, 0.1) is 34.5 Å². The third-order valence-corrected chi connectivity index (χ3v) is 20.0. The van der Waals surface area contributed by atoms with Crippen molar-refractivity contribution >= 4 is 33.5 Å². The van der Waals surface area contributed by atoms with Crippen LogP contribution in [0.1, 0.15) is 146 Å². The van der Waals surface area contributed by atoms with E-state index >= 15 is 0 Å². The van der Waals surface area contributed by atoms with Gasteiger partial charge in [-0.1, -0.05) is 71.3 Å². The normalized spacial score (nSPS) is 39.8. The summed E-state index contributed by atoms with van der Waals surface area (Å²) in [5.74, 6) is 7.38. The number of fused-ring (bicyclic) bond motifs is 8. The lowest BCUT2D eigenvalue weighted by molar-refractivity contribution is -0.152. The van der Waals surface area contributed by atoms with Crippen molar-refractivity contribution in [1.29, 1.82) is 0 Å². The number of hydrogen-bond acceptors (Lipinski definition) is 15. The summed E-state index contributed by atoms with van der Waals surface area (Å²) >= 11 is 0. The van der Waals surface area contributed by atoms with Gasteiger partial charge < -0.3 is 56.7 Å². The van der Waals surface area contributed by atoms with Gasteiger partial charge in [0.25, 0.3) is 0 Å². The first-order chi connectivity index (χ1) is 31.3. The number of ether oxygens (including phenoxy) is 2. The number of phenolic OH excluding ortho intramolecular Hbond substituents is 1. The first-order valence-electron chi connectivity index (χ1n) is 24.8. The van der Waals surface area contributed by atoms with Crippen molar-refractivity contribution in [3.63, 3.8) is 0 Å². The monoisotopic (exact) mass is 935 g/mol. The predicted octanol–water partition coefficient (Wildman–Crippen LogP) is 5.65. The molecule has 10 rings (SSSR count). The molecule has 2 saturated heterocycles. The molecule has 0 aromatic heterocycles. The number of aliphatic hydroxyl groups is 4. The van der Waals surface area contributed by atoms with Gasteiger partial charge in [-0.05, 0) is 120 Å². The summed E-state index contributed by atoms with van der Waals surface area (Å²) in [5.41, 5.74) is 6.44. The topological polar surface area (TPSA) is 211 Å². The van der Waals surface area contributed by atoms with Crippen LogP contribution in [0.2, 0.25) is 0 Å². The highest BCUT2D eigenvalue weighted by atomic mass is 33.1. The first-order valence-corrected chi connectivity index (χ1v) is 27.1. The van der Waals surface area contributed by atoms with Crippen molar-refractivity contribution in [3.05, 3.63) is 35.4 Å². The molecule has 15 heteroatoms. The van der Waals surface area contributed by atoms with Gasteiger partial charge in [0.05, 0.1) is 29.2 Å². The second kappa shape index (κ2) is 19.7. The minimum atomic E-state index is -1.90. The molecule has 8 bridgehead atoms. The standard InChI is InChI=1S/C50H73N5O8S2/c1-31(56)62-40-25-34(57)13-21-49-20-12-32-7-5-19-50(27-35(14-22-53-50)63-41-24-33(23-37(32)40)38(45(60)61)26-39(41)58)43-11-10-36(28-52-43)65-64-30-48(18-6-17-47(29-48)15-2-3-16-47)55-46(51)54-42(49)8-4-9-44(49)59/h4,8,24,26,32,34-37,40,42-45,52-53,57-61H,2-3,5-7,9-11,13-19,21-23,25,27-30H2,1H3,(H3,51,54,55)/t32-,34+,35-,36+,37+,40+,42-,43+,44+,48-,49+,50-/m1/s1. The molecular weight excluding hydrogens is 863 g/mol. The lowest BCUT2D eigenvalue weighted by atomic mass is 9.65. The van der Waals surface area contributed by atoms with Gasteiger partial charge in [0.2, 0.25) is 0 Å². The van der Waals surface area contributed by atoms with Gasteiger partial charge in [-0.25, -0.2) is 4.99 Å². The van der Waals surface area contributed by atoms with Crippen molar-refractivity contribution in [1.82, 2.24) is 16.0 Å². The molecule has 4 spiro atoms. The van der Waals surface area contributed by atoms with Gasteiger partial charge in [-0.15, -0.1) is 0 Å². The van der Waals surface area contributed by atoms with Crippen LogP contribution in [-0.4, -0.2) is 109 Å². The summed E-state index contributed by atoms with van der Waals surface area (Å²) in [6.45, 7) is 3.01. The zero-order valence-corrected chi connectivity index (χ0v) is 39.8. The van der Waals surface area contributed by atoms with Crippen LogP contribution in [0.3, 0.4) is 0 Å². The average molecular weight is 936 g/mol. The maximum Gasteiger partial charge on any atom is 0.302 e. The van der Waals surface area contributed by atoms with Crippen LogP contribution in [0.15, 0.2) is 29.3 Å². The summed E-state index contributed by atoms with van der Waals surface area (Å²) in [5, 5.41) is 69.4. The van der Waals surface area contributed by atoms with E-state index in [0.717, 1.165) is 76.6 Å². The maximum atomic E-state index is 13.0. The summed E-state index contributed by atoms with van der Waals surface area (Å²) in [7, 11) is 3.97. The number of nitrogens with two attached hydrogens (primary N) is 1. The fourth-order valence-corrected chi connectivity index (χ4v) is 16.8. The lowest BCUT2D eigenvalue weighted by Crippen LogP contribution is -2.66. The summed E-state index contributed by atoms with van der Waals surface area (Å²) in [4.78, 5) is 18.2. The number of benzene rings is 1. The Kier molecular flexibility index (Phi) is 14.4. The highest BCUT2D eigenvalue weighted by molar-refractivity contribution is 8.77. The number of carbonyl (C=O) groups excluding carboxylic acids is 1. The second-order valence-corrected chi connectivity index (χ2v) is 23.9.